The maximum Gasteiger partial charge on any atom is 0.259 e. The highest BCUT2D eigenvalue weighted by Gasteiger charge is 2.36. The summed E-state index contributed by atoms with van der Waals surface area (Å²) >= 11 is 0. The number of carbonyl (C=O) groups excluding carboxylic acids is 2. The molecular formula is C30H35FN4O6S. The van der Waals surface area contributed by atoms with Gasteiger partial charge >= 0.3 is 0 Å². The lowest BCUT2D eigenvalue weighted by atomic mass is 9.99. The zero-order valence-electron chi connectivity index (χ0n) is 24.2. The van der Waals surface area contributed by atoms with Gasteiger partial charge < -0.3 is 19.6 Å². The van der Waals surface area contributed by atoms with Gasteiger partial charge in [-0.15, -0.1) is 0 Å². The van der Waals surface area contributed by atoms with Crippen LogP contribution in [-0.4, -0.2) is 97.4 Å². The highest BCUT2D eigenvalue weighted by molar-refractivity contribution is 7.89. The molecule has 2 aromatic carbocycles. The third kappa shape index (κ3) is 6.45. The Bertz CT molecular complexity index is 1580. The summed E-state index contributed by atoms with van der Waals surface area (Å²) < 4.78 is 47.5. The normalized spacial score (nSPS) is 18.1. The summed E-state index contributed by atoms with van der Waals surface area (Å²) in [5.74, 6) is -1.58. The number of aliphatic hydroxyl groups excluding tert-OH is 1. The Morgan fingerprint density at radius 2 is 1.86 bits per heavy atom. The van der Waals surface area contributed by atoms with E-state index in [9.17, 15) is 27.5 Å². The summed E-state index contributed by atoms with van der Waals surface area (Å²) in [6, 6.07) is 12.8. The quantitative estimate of drug-likeness (QED) is 0.423. The fourth-order valence-electron chi connectivity index (χ4n) is 4.73. The first-order valence-electron chi connectivity index (χ1n) is 13.5. The number of pyridine rings is 1. The third-order valence-electron chi connectivity index (χ3n) is 7.31. The van der Waals surface area contributed by atoms with Crippen molar-refractivity contribution in [1.29, 1.82) is 0 Å². The van der Waals surface area contributed by atoms with E-state index in [1.165, 1.54) is 41.2 Å². The van der Waals surface area contributed by atoms with E-state index >= 15 is 0 Å². The molecule has 2 heterocycles. The van der Waals surface area contributed by atoms with Crippen molar-refractivity contribution >= 4 is 21.8 Å². The zero-order valence-corrected chi connectivity index (χ0v) is 25.0. The molecule has 224 valence electrons. The van der Waals surface area contributed by atoms with Gasteiger partial charge in [-0.3, -0.25) is 9.59 Å². The molecule has 12 heteroatoms. The SMILES string of the molecule is C[C@@H]1CN([C@H](C)CO)C(=O)c2cc(-c3cccc(C(=O)N(C)C)c3)cnc2O[C@@H]1CN(C)S(=O)(=O)c1cccc(F)c1. The van der Waals surface area contributed by atoms with Crippen molar-refractivity contribution in [3.63, 3.8) is 0 Å². The second-order valence-electron chi connectivity index (χ2n) is 10.7. The first-order chi connectivity index (χ1) is 19.8. The second kappa shape index (κ2) is 12.6. The summed E-state index contributed by atoms with van der Waals surface area (Å²) in [4.78, 5) is 33.6. The smallest absolute Gasteiger partial charge is 0.259 e. The van der Waals surface area contributed by atoms with Crippen LogP contribution in [-0.2, 0) is 10.0 Å². The van der Waals surface area contributed by atoms with Crippen molar-refractivity contribution in [3.8, 4) is 17.0 Å². The van der Waals surface area contributed by atoms with E-state index in [-0.39, 0.29) is 47.9 Å². The van der Waals surface area contributed by atoms with Crippen molar-refractivity contribution in [2.45, 2.75) is 30.9 Å². The summed E-state index contributed by atoms with van der Waals surface area (Å²) in [5.41, 5.74) is 1.86. The summed E-state index contributed by atoms with van der Waals surface area (Å²) in [7, 11) is 0.656. The van der Waals surface area contributed by atoms with Crippen LogP contribution in [0.2, 0.25) is 0 Å². The van der Waals surface area contributed by atoms with Crippen LogP contribution in [0.5, 0.6) is 5.88 Å². The number of aromatic nitrogens is 1. The first kappa shape index (κ1) is 31.1. The number of hydrogen-bond acceptors (Lipinski definition) is 7. The van der Waals surface area contributed by atoms with E-state index in [0.717, 1.165) is 10.4 Å². The minimum absolute atomic E-state index is 0.0208. The Labute approximate surface area is 245 Å². The van der Waals surface area contributed by atoms with Gasteiger partial charge in [0.05, 0.1) is 24.1 Å². The lowest BCUT2D eigenvalue weighted by Gasteiger charge is -2.37. The summed E-state index contributed by atoms with van der Waals surface area (Å²) in [5, 5.41) is 9.93. The van der Waals surface area contributed by atoms with Crippen LogP contribution in [0.4, 0.5) is 4.39 Å². The van der Waals surface area contributed by atoms with Gasteiger partial charge in [-0.2, -0.15) is 4.31 Å². The van der Waals surface area contributed by atoms with Crippen LogP contribution >= 0.6 is 0 Å². The molecule has 2 amide bonds. The number of nitrogens with zero attached hydrogens (tertiary/aromatic N) is 4. The van der Waals surface area contributed by atoms with Gasteiger partial charge in [0.1, 0.15) is 17.5 Å². The molecular weight excluding hydrogens is 563 g/mol. The van der Waals surface area contributed by atoms with Gasteiger partial charge in [0.15, 0.2) is 0 Å². The number of benzene rings is 2. The van der Waals surface area contributed by atoms with Gasteiger partial charge in [0.25, 0.3) is 11.8 Å². The first-order valence-corrected chi connectivity index (χ1v) is 14.9. The minimum atomic E-state index is -4.05. The molecule has 1 aromatic heterocycles. The van der Waals surface area contributed by atoms with Crippen molar-refractivity contribution in [2.24, 2.45) is 5.92 Å². The van der Waals surface area contributed by atoms with Gasteiger partial charge in [-0.1, -0.05) is 25.1 Å². The number of ether oxygens (including phenoxy) is 1. The lowest BCUT2D eigenvalue weighted by Crippen LogP contribution is -2.50. The Kier molecular flexibility index (Phi) is 9.29. The van der Waals surface area contributed by atoms with Crippen molar-refractivity contribution in [2.75, 3.05) is 40.8 Å². The van der Waals surface area contributed by atoms with Crippen molar-refractivity contribution in [1.82, 2.24) is 19.1 Å². The number of fused-ring (bicyclic) bond motifs is 1. The Morgan fingerprint density at radius 1 is 1.14 bits per heavy atom. The fraction of sp³-hybridized carbons (Fsp3) is 0.367. The molecule has 1 aliphatic rings. The van der Waals surface area contributed by atoms with E-state index < -0.39 is 33.9 Å². The van der Waals surface area contributed by atoms with Crippen LogP contribution < -0.4 is 4.74 Å². The number of rotatable bonds is 8. The maximum absolute atomic E-state index is 13.8. The molecule has 42 heavy (non-hydrogen) atoms. The van der Waals surface area contributed by atoms with Crippen LogP contribution in [0.1, 0.15) is 34.6 Å². The number of aliphatic hydroxyl groups is 1. The second-order valence-corrected chi connectivity index (χ2v) is 12.8. The Balaban J connectivity index is 1.72. The highest BCUT2D eigenvalue weighted by atomic mass is 32.2. The number of hydrogen-bond donors (Lipinski definition) is 1. The number of amides is 2. The summed E-state index contributed by atoms with van der Waals surface area (Å²) in [6.07, 6.45) is 0.791. The molecule has 4 rings (SSSR count). The Morgan fingerprint density at radius 3 is 2.52 bits per heavy atom. The molecule has 10 nitrogen and oxygen atoms in total. The van der Waals surface area contributed by atoms with Crippen LogP contribution in [0.15, 0.2) is 65.7 Å². The molecule has 0 saturated carbocycles. The minimum Gasteiger partial charge on any atom is -0.472 e. The number of sulfonamides is 1. The van der Waals surface area contributed by atoms with E-state index in [0.29, 0.717) is 16.7 Å². The van der Waals surface area contributed by atoms with Crippen molar-refractivity contribution in [3.05, 3.63) is 77.7 Å². The molecule has 0 unspecified atom stereocenters. The van der Waals surface area contributed by atoms with E-state index in [1.54, 1.807) is 51.4 Å². The maximum atomic E-state index is 13.8. The van der Waals surface area contributed by atoms with Gasteiger partial charge in [-0.05, 0) is 48.9 Å². The van der Waals surface area contributed by atoms with Crippen LogP contribution in [0.3, 0.4) is 0 Å². The molecule has 0 fully saturated rings. The molecule has 3 atom stereocenters. The number of carbonyl (C=O) groups is 2. The molecule has 0 saturated heterocycles. The molecule has 1 aliphatic heterocycles. The highest BCUT2D eigenvalue weighted by Crippen LogP contribution is 2.31. The number of halogens is 1. The predicted molar refractivity (Wildman–Crippen MR) is 155 cm³/mol. The molecule has 0 radical (unpaired) electrons. The molecule has 0 bridgehead atoms. The Hall–Kier alpha value is -3.87. The summed E-state index contributed by atoms with van der Waals surface area (Å²) in [6.45, 7) is 3.33. The number of likely N-dealkylation sites (N-methyl/N-ethyl adjacent to an activating group) is 1. The monoisotopic (exact) mass is 598 g/mol. The average Bonchev–Trinajstić information content (AvgIpc) is 2.97. The van der Waals surface area contributed by atoms with E-state index in [1.807, 2.05) is 6.92 Å². The largest absolute Gasteiger partial charge is 0.472 e. The van der Waals surface area contributed by atoms with Crippen LogP contribution in [0.25, 0.3) is 11.1 Å². The van der Waals surface area contributed by atoms with Crippen molar-refractivity contribution < 1.29 is 32.2 Å². The molecule has 1 N–H and O–H groups in total. The van der Waals surface area contributed by atoms with E-state index in [4.69, 9.17) is 4.74 Å². The molecule has 0 spiro atoms. The topological polar surface area (TPSA) is 120 Å². The standard InChI is InChI=1S/C30H35FN4O6S/c1-19-16-35(20(2)18-36)30(38)26-13-23(21-8-6-9-22(12-21)29(37)33(3)4)15-32-28(26)41-27(19)17-34(5)42(39,40)25-11-7-10-24(31)14-25/h6-15,19-20,27,36H,16-18H2,1-5H3/t19-,20-,27-/m1/s1. The van der Waals surface area contributed by atoms with Crippen LogP contribution in [0, 0.1) is 11.7 Å². The zero-order chi connectivity index (χ0) is 30.8. The lowest BCUT2D eigenvalue weighted by molar-refractivity contribution is 0.0373. The fourth-order valence-corrected chi connectivity index (χ4v) is 5.94. The van der Waals surface area contributed by atoms with E-state index in [2.05, 4.69) is 4.98 Å². The average molecular weight is 599 g/mol. The third-order valence-corrected chi connectivity index (χ3v) is 9.13. The molecule has 0 aliphatic carbocycles. The van der Waals surface area contributed by atoms with Gasteiger partial charge in [0, 0.05) is 50.9 Å². The van der Waals surface area contributed by atoms with Gasteiger partial charge in [0.2, 0.25) is 15.9 Å². The van der Waals surface area contributed by atoms with Gasteiger partial charge in [-0.25, -0.2) is 17.8 Å². The molecule has 3 aromatic rings. The predicted octanol–water partition coefficient (Wildman–Crippen LogP) is 3.13.